The van der Waals surface area contributed by atoms with E-state index in [-0.39, 0.29) is 101 Å². The second-order valence-corrected chi connectivity index (χ2v) is 20.8. The van der Waals surface area contributed by atoms with Crippen LogP contribution in [0.2, 0.25) is 0 Å². The minimum absolute atomic E-state index is 0.0165. The molecular weight excluding hydrogens is 1020 g/mol. The number of carbonyl (C=O) groups excluding carboxylic acids is 5. The Labute approximate surface area is 460 Å². The lowest BCUT2D eigenvalue weighted by molar-refractivity contribution is -0.140. The lowest BCUT2D eigenvalue weighted by Gasteiger charge is -2.33. The van der Waals surface area contributed by atoms with E-state index in [0.717, 1.165) is 27.1 Å². The molecule has 3 aromatic rings. The van der Waals surface area contributed by atoms with Crippen molar-refractivity contribution in [3.63, 3.8) is 0 Å². The number of carbonyl (C=O) groups is 9. The van der Waals surface area contributed by atoms with Crippen LogP contribution in [0.25, 0.3) is 21.5 Å². The number of unbranched alkanes of at least 4 members (excludes halogenated alkanes) is 1. The van der Waals surface area contributed by atoms with Crippen LogP contribution in [0, 0.1) is 11.8 Å². The molecule has 1 aliphatic carbocycles. The number of aliphatic carboxylic acids is 4. The summed E-state index contributed by atoms with van der Waals surface area (Å²) in [6.07, 6.45) is 3.40. The van der Waals surface area contributed by atoms with E-state index in [1.807, 2.05) is 58.3 Å². The van der Waals surface area contributed by atoms with Gasteiger partial charge >= 0.3 is 29.9 Å². The number of amides is 5. The molecule has 0 radical (unpaired) electrons. The number of benzene rings is 3. The molecule has 0 spiro atoms. The molecule has 0 aromatic heterocycles. The van der Waals surface area contributed by atoms with Crippen molar-refractivity contribution in [1.82, 2.24) is 46.2 Å². The van der Waals surface area contributed by atoms with Crippen LogP contribution in [-0.4, -0.2) is 208 Å². The maximum Gasteiger partial charge on any atom is 0.326 e. The molecule has 432 valence electrons. The van der Waals surface area contributed by atoms with Crippen molar-refractivity contribution >= 4 is 75.0 Å². The van der Waals surface area contributed by atoms with Gasteiger partial charge in [0.05, 0.1) is 31.9 Å². The van der Waals surface area contributed by atoms with Gasteiger partial charge in [0.1, 0.15) is 23.9 Å². The van der Waals surface area contributed by atoms with Gasteiger partial charge in [0.15, 0.2) is 0 Å². The van der Waals surface area contributed by atoms with Gasteiger partial charge in [-0.25, -0.2) is 14.4 Å². The number of hydrogen-bond donors (Lipinski definition) is 10. The quantitative estimate of drug-likeness (QED) is 0.0284. The molecule has 2 aliphatic rings. The minimum Gasteiger partial charge on any atom is -0.512 e. The smallest absolute Gasteiger partial charge is 0.326 e. The average Bonchev–Trinajstić information content (AvgIpc) is 3.41. The number of ketones is 1. The molecule has 3 atom stereocenters. The first kappa shape index (κ1) is 62.6. The highest BCUT2D eigenvalue weighted by Crippen LogP contribution is 2.31. The van der Waals surface area contributed by atoms with Gasteiger partial charge in [-0.05, 0) is 104 Å². The summed E-state index contributed by atoms with van der Waals surface area (Å²) in [5.41, 5.74) is 0.884. The third kappa shape index (κ3) is 21.9. The number of hydrogen-bond acceptors (Lipinski definition) is 14. The topological polar surface area (TPSA) is 328 Å². The number of nitrogens with one attached hydrogen (secondary N) is 5. The number of urea groups is 1. The monoisotopic (exact) mass is 1100 g/mol. The highest BCUT2D eigenvalue weighted by atomic mass is 16.4. The van der Waals surface area contributed by atoms with Crippen molar-refractivity contribution in [1.29, 1.82) is 0 Å². The van der Waals surface area contributed by atoms with E-state index in [0.29, 0.717) is 91.0 Å². The summed E-state index contributed by atoms with van der Waals surface area (Å²) in [4.78, 5) is 120. The van der Waals surface area contributed by atoms with E-state index in [9.17, 15) is 68.7 Å². The Kier molecular flexibility index (Phi) is 25.4. The van der Waals surface area contributed by atoms with Gasteiger partial charge in [0.25, 0.3) is 0 Å². The number of Topliss-reactive ketones (excluding diaryl/α,β-unsaturated/α-hetero) is 1. The van der Waals surface area contributed by atoms with E-state index in [1.165, 1.54) is 6.92 Å². The van der Waals surface area contributed by atoms with Crippen LogP contribution in [0.5, 0.6) is 0 Å². The molecule has 5 rings (SSSR count). The van der Waals surface area contributed by atoms with Crippen LogP contribution < -0.4 is 26.6 Å². The van der Waals surface area contributed by atoms with Gasteiger partial charge in [0.2, 0.25) is 17.7 Å². The largest absolute Gasteiger partial charge is 0.512 e. The van der Waals surface area contributed by atoms with Crippen LogP contribution in [0.3, 0.4) is 0 Å². The standard InChI is InChI=1S/C56H79N9O14/c1-37(66)10-9-16-47(55(77)78)61-56(79)60-46(54(75)76)15-7-8-21-57-53(74)48(31-45-43-13-5-3-11-41(43)30-42-12-4-6-14-44(42)45)59-52(73)40-19-17-39(18-20-40)32-58-49(68)34-63-24-22-62(33-38(2)67)23-26-64(35-50(69)70)28-29-65(27-25-63)36-51(71)72/h3-6,11-14,30,39-40,46-48,67H,2,7-10,15-29,31-36H2,1H3,(H,57,74)(H,58,68)(H,59,73)(H,69,70)(H,71,72)(H,75,76)(H,77,78)(H2,60,61,79)/t39?,40?,46-,47-,48-/m0/s1. The van der Waals surface area contributed by atoms with Crippen molar-refractivity contribution in [2.75, 3.05) is 91.6 Å². The fourth-order valence-corrected chi connectivity index (χ4v) is 10.3. The molecule has 23 heteroatoms. The van der Waals surface area contributed by atoms with E-state index in [1.54, 1.807) is 9.80 Å². The third-order valence-electron chi connectivity index (χ3n) is 14.6. The fraction of sp³-hybridized carbons (Fsp3) is 0.554. The summed E-state index contributed by atoms with van der Waals surface area (Å²) in [5.74, 6) is -6.09. The van der Waals surface area contributed by atoms with Crippen molar-refractivity contribution in [3.8, 4) is 0 Å². The Morgan fingerprint density at radius 2 is 1.06 bits per heavy atom. The van der Waals surface area contributed by atoms with E-state index < -0.39 is 59.9 Å². The van der Waals surface area contributed by atoms with Gasteiger partial charge in [-0.1, -0.05) is 55.1 Å². The molecule has 2 fully saturated rings. The number of aliphatic hydroxyl groups is 1. The van der Waals surface area contributed by atoms with Gasteiger partial charge < -0.3 is 56.9 Å². The zero-order chi connectivity index (χ0) is 57.4. The normalized spacial score (nSPS) is 18.4. The Morgan fingerprint density at radius 1 is 0.582 bits per heavy atom. The van der Waals surface area contributed by atoms with Crippen LogP contribution in [0.15, 0.2) is 66.9 Å². The maximum atomic E-state index is 14.2. The fourth-order valence-electron chi connectivity index (χ4n) is 10.3. The molecule has 10 N–H and O–H groups in total. The predicted octanol–water partition coefficient (Wildman–Crippen LogP) is 2.66. The van der Waals surface area contributed by atoms with Crippen LogP contribution in [-0.2, 0) is 44.8 Å². The Balaban J connectivity index is 1.17. The summed E-state index contributed by atoms with van der Waals surface area (Å²) in [7, 11) is 0. The maximum absolute atomic E-state index is 14.2. The second-order valence-electron chi connectivity index (χ2n) is 20.8. The highest BCUT2D eigenvalue weighted by Gasteiger charge is 2.31. The van der Waals surface area contributed by atoms with Crippen LogP contribution in [0.1, 0.15) is 76.7 Å². The zero-order valence-electron chi connectivity index (χ0n) is 45.2. The van der Waals surface area contributed by atoms with Gasteiger partial charge in [0, 0.05) is 84.2 Å². The summed E-state index contributed by atoms with van der Waals surface area (Å²) >= 11 is 0. The third-order valence-corrected chi connectivity index (χ3v) is 14.6. The van der Waals surface area contributed by atoms with E-state index in [2.05, 4.69) is 39.2 Å². The molecule has 0 bridgehead atoms. The number of aliphatic hydroxyl groups excluding tert-OH is 1. The van der Waals surface area contributed by atoms with E-state index >= 15 is 0 Å². The number of fused-ring (bicyclic) bond motifs is 2. The number of carboxylic acid groups (broad SMARTS) is 4. The molecule has 1 saturated heterocycles. The lowest BCUT2D eigenvalue weighted by atomic mass is 9.81. The molecule has 0 unspecified atom stereocenters. The molecule has 1 aliphatic heterocycles. The number of carboxylic acids is 4. The predicted molar refractivity (Wildman–Crippen MR) is 294 cm³/mol. The Bertz CT molecular complexity index is 2520. The van der Waals surface area contributed by atoms with Crippen LogP contribution >= 0.6 is 0 Å². The molecule has 1 heterocycles. The number of nitrogens with zero attached hydrogens (tertiary/aromatic N) is 4. The van der Waals surface area contributed by atoms with Crippen molar-refractivity contribution < 1.29 is 68.7 Å². The number of rotatable bonds is 28. The molecule has 79 heavy (non-hydrogen) atoms. The summed E-state index contributed by atoms with van der Waals surface area (Å²) in [5, 5.41) is 65.9. The minimum atomic E-state index is -1.35. The first-order valence-corrected chi connectivity index (χ1v) is 27.2. The molecule has 5 amide bonds. The summed E-state index contributed by atoms with van der Waals surface area (Å²) in [6.45, 7) is 8.16. The van der Waals surface area contributed by atoms with E-state index in [4.69, 9.17) is 0 Å². The second kappa shape index (κ2) is 32.0. The molecular formula is C56H79N9O14. The first-order chi connectivity index (χ1) is 37.7. The molecule has 3 aromatic carbocycles. The van der Waals surface area contributed by atoms with Crippen LogP contribution in [0.4, 0.5) is 4.79 Å². The Hall–Kier alpha value is -7.21. The lowest BCUT2D eigenvalue weighted by Crippen LogP contribution is -2.51. The molecule has 1 saturated carbocycles. The average molecular weight is 1100 g/mol. The summed E-state index contributed by atoms with van der Waals surface area (Å²) < 4.78 is 0. The zero-order valence-corrected chi connectivity index (χ0v) is 45.2. The van der Waals surface area contributed by atoms with Gasteiger partial charge in [-0.15, -0.1) is 0 Å². The molecule has 23 nitrogen and oxygen atoms in total. The van der Waals surface area contributed by atoms with Gasteiger partial charge in [-0.2, -0.15) is 0 Å². The van der Waals surface area contributed by atoms with Gasteiger partial charge in [-0.3, -0.25) is 43.6 Å². The van der Waals surface area contributed by atoms with Crippen molar-refractivity contribution in [2.24, 2.45) is 11.8 Å². The highest BCUT2D eigenvalue weighted by molar-refractivity contribution is 6.03. The Morgan fingerprint density at radius 3 is 1.54 bits per heavy atom. The SMILES string of the molecule is C=C(O)CN1CCN(CC(=O)O)CCN(CC(=O)O)CCN(CC(=O)NCC2CCC(C(=O)N[C@@H](Cc3c4ccccc4cc4ccccc34)C(=O)NCCCC[C@H](NC(=O)N[C@@H](CCCC(C)=O)C(=O)O)C(=O)O)CC2)CC1. The van der Waals surface area contributed by atoms with Crippen molar-refractivity contribution in [2.45, 2.75) is 95.7 Å². The van der Waals surface area contributed by atoms with Crippen molar-refractivity contribution in [3.05, 3.63) is 72.5 Å². The summed E-state index contributed by atoms with van der Waals surface area (Å²) in [6, 6.07) is 13.1. The first-order valence-electron chi connectivity index (χ1n) is 27.2.